The molecule has 0 spiro atoms. The van der Waals surface area contributed by atoms with E-state index >= 15 is 0 Å². The van der Waals surface area contributed by atoms with Gasteiger partial charge in [0, 0.05) is 30.8 Å². The number of benzene rings is 1. The SMILES string of the molecule is O=C(CN1C(=O)CSc2ccccc21)NCCc1nnc2n1CCCCC2. The van der Waals surface area contributed by atoms with Crippen LogP contribution >= 0.6 is 11.8 Å². The number of hydrogen-bond acceptors (Lipinski definition) is 5. The standard InChI is InChI=1S/C19H23N5O2S/c25-18(12-24-14-6-3-4-7-15(14)27-13-19(24)26)20-10-9-17-22-21-16-8-2-1-5-11-23(16)17/h3-4,6-7H,1-2,5,8-13H2,(H,20,25). The molecular formula is C19H23N5O2S. The lowest BCUT2D eigenvalue weighted by molar-refractivity contribution is -0.122. The van der Waals surface area contributed by atoms with E-state index in [1.165, 1.54) is 24.6 Å². The number of aryl methyl sites for hydroxylation is 1. The summed E-state index contributed by atoms with van der Waals surface area (Å²) < 4.78 is 2.20. The summed E-state index contributed by atoms with van der Waals surface area (Å²) in [5.41, 5.74) is 0.816. The lowest BCUT2D eigenvalue weighted by Crippen LogP contribution is -2.43. The summed E-state index contributed by atoms with van der Waals surface area (Å²) in [6, 6.07) is 7.70. The van der Waals surface area contributed by atoms with Crippen molar-refractivity contribution >= 4 is 29.3 Å². The fourth-order valence-corrected chi connectivity index (χ4v) is 4.51. The van der Waals surface area contributed by atoms with Crippen molar-refractivity contribution in [3.63, 3.8) is 0 Å². The van der Waals surface area contributed by atoms with E-state index in [-0.39, 0.29) is 18.4 Å². The first-order valence-corrected chi connectivity index (χ1v) is 10.4. The second-order valence-corrected chi connectivity index (χ2v) is 7.85. The molecule has 1 aromatic heterocycles. The third-order valence-electron chi connectivity index (χ3n) is 4.97. The van der Waals surface area contributed by atoms with Crippen molar-refractivity contribution in [2.75, 3.05) is 23.7 Å². The van der Waals surface area contributed by atoms with Crippen LogP contribution in [0.2, 0.25) is 0 Å². The maximum atomic E-state index is 12.4. The lowest BCUT2D eigenvalue weighted by Gasteiger charge is -2.28. The number of anilines is 1. The molecule has 8 heteroatoms. The average molecular weight is 385 g/mol. The zero-order chi connectivity index (χ0) is 18.6. The van der Waals surface area contributed by atoms with E-state index in [4.69, 9.17) is 0 Å². The van der Waals surface area contributed by atoms with Gasteiger partial charge in [0.1, 0.15) is 18.2 Å². The number of carbonyl (C=O) groups excluding carboxylic acids is 2. The number of nitrogens with zero attached hydrogens (tertiary/aromatic N) is 4. The number of hydrogen-bond donors (Lipinski definition) is 1. The molecule has 0 unspecified atom stereocenters. The van der Waals surface area contributed by atoms with Gasteiger partial charge in [-0.25, -0.2) is 0 Å². The Labute approximate surface area is 162 Å². The quantitative estimate of drug-likeness (QED) is 0.849. The van der Waals surface area contributed by atoms with Crippen LogP contribution < -0.4 is 10.2 Å². The van der Waals surface area contributed by atoms with Gasteiger partial charge in [0.05, 0.1) is 11.4 Å². The van der Waals surface area contributed by atoms with Crippen LogP contribution in [0, 0.1) is 0 Å². The highest BCUT2D eigenvalue weighted by Gasteiger charge is 2.26. The van der Waals surface area contributed by atoms with Crippen LogP contribution in [-0.4, -0.2) is 45.4 Å². The minimum absolute atomic E-state index is 0.0309. The topological polar surface area (TPSA) is 80.1 Å². The highest BCUT2D eigenvalue weighted by Crippen LogP contribution is 2.34. The van der Waals surface area contributed by atoms with Gasteiger partial charge < -0.3 is 14.8 Å². The molecular weight excluding hydrogens is 362 g/mol. The third kappa shape index (κ3) is 4.00. The van der Waals surface area contributed by atoms with Crippen molar-refractivity contribution in [1.82, 2.24) is 20.1 Å². The lowest BCUT2D eigenvalue weighted by atomic mass is 10.2. The highest BCUT2D eigenvalue weighted by atomic mass is 32.2. The maximum absolute atomic E-state index is 12.4. The number of para-hydroxylation sites is 1. The maximum Gasteiger partial charge on any atom is 0.240 e. The zero-order valence-electron chi connectivity index (χ0n) is 15.2. The Kier molecular flexibility index (Phi) is 5.42. The number of nitrogens with one attached hydrogen (secondary N) is 1. The second kappa shape index (κ2) is 8.12. The van der Waals surface area contributed by atoms with Crippen molar-refractivity contribution in [1.29, 1.82) is 0 Å². The summed E-state index contributed by atoms with van der Waals surface area (Å²) in [6.45, 7) is 1.51. The molecule has 0 atom stereocenters. The predicted molar refractivity (Wildman–Crippen MR) is 104 cm³/mol. The van der Waals surface area contributed by atoms with Crippen molar-refractivity contribution in [2.45, 2.75) is 43.5 Å². The Morgan fingerprint density at radius 3 is 3.00 bits per heavy atom. The Hall–Kier alpha value is -2.35. The molecule has 0 fully saturated rings. The number of carbonyl (C=O) groups is 2. The van der Waals surface area contributed by atoms with Crippen LogP contribution in [0.3, 0.4) is 0 Å². The van der Waals surface area contributed by atoms with Gasteiger partial charge in [0.25, 0.3) is 0 Å². The molecule has 2 aliphatic rings. The summed E-state index contributed by atoms with van der Waals surface area (Å²) in [5, 5.41) is 11.5. The van der Waals surface area contributed by atoms with E-state index in [1.54, 1.807) is 4.90 Å². The minimum atomic E-state index is -0.152. The van der Waals surface area contributed by atoms with Crippen molar-refractivity contribution in [2.24, 2.45) is 0 Å². The first-order valence-electron chi connectivity index (χ1n) is 9.42. The summed E-state index contributed by atoms with van der Waals surface area (Å²) in [6.07, 6.45) is 5.17. The van der Waals surface area contributed by atoms with Crippen molar-refractivity contribution in [3.05, 3.63) is 35.9 Å². The molecule has 0 aliphatic carbocycles. The Balaban J connectivity index is 1.33. The van der Waals surface area contributed by atoms with E-state index < -0.39 is 0 Å². The van der Waals surface area contributed by atoms with Gasteiger partial charge in [-0.3, -0.25) is 9.59 Å². The molecule has 142 valence electrons. The highest BCUT2D eigenvalue weighted by molar-refractivity contribution is 8.00. The third-order valence-corrected chi connectivity index (χ3v) is 6.01. The van der Waals surface area contributed by atoms with Gasteiger partial charge in [-0.1, -0.05) is 18.6 Å². The van der Waals surface area contributed by atoms with Crippen LogP contribution in [0.1, 0.15) is 30.9 Å². The normalized spacial score (nSPS) is 16.4. The fraction of sp³-hybridized carbons (Fsp3) is 0.474. The van der Waals surface area contributed by atoms with Gasteiger partial charge in [-0.05, 0) is 25.0 Å². The molecule has 0 saturated heterocycles. The monoisotopic (exact) mass is 385 g/mol. The molecule has 2 amide bonds. The predicted octanol–water partition coefficient (Wildman–Crippen LogP) is 1.80. The molecule has 27 heavy (non-hydrogen) atoms. The van der Waals surface area contributed by atoms with E-state index in [0.717, 1.165) is 41.6 Å². The first kappa shape index (κ1) is 18.0. The zero-order valence-corrected chi connectivity index (χ0v) is 16.0. The summed E-state index contributed by atoms with van der Waals surface area (Å²) in [5.74, 6) is 2.18. The average Bonchev–Trinajstić information content (AvgIpc) is 2.90. The summed E-state index contributed by atoms with van der Waals surface area (Å²) in [7, 11) is 0. The fourth-order valence-electron chi connectivity index (χ4n) is 3.57. The van der Waals surface area contributed by atoms with E-state index in [9.17, 15) is 9.59 Å². The molecule has 1 N–H and O–H groups in total. The number of rotatable bonds is 5. The van der Waals surface area contributed by atoms with E-state index in [2.05, 4.69) is 20.1 Å². The Morgan fingerprint density at radius 1 is 1.19 bits per heavy atom. The van der Waals surface area contributed by atoms with Gasteiger partial charge in [0.15, 0.2) is 0 Å². The molecule has 2 aliphatic heterocycles. The molecule has 7 nitrogen and oxygen atoms in total. The number of amides is 2. The van der Waals surface area contributed by atoms with Gasteiger partial charge in [0.2, 0.25) is 11.8 Å². The Morgan fingerprint density at radius 2 is 2.07 bits per heavy atom. The second-order valence-electron chi connectivity index (χ2n) is 6.83. The van der Waals surface area contributed by atoms with Crippen molar-refractivity contribution in [3.8, 4) is 0 Å². The molecule has 3 heterocycles. The molecule has 0 bridgehead atoms. The summed E-state index contributed by atoms with van der Waals surface area (Å²) in [4.78, 5) is 27.2. The molecule has 0 saturated carbocycles. The van der Waals surface area contributed by atoms with E-state index in [0.29, 0.717) is 18.7 Å². The smallest absolute Gasteiger partial charge is 0.240 e. The largest absolute Gasteiger partial charge is 0.354 e. The molecule has 2 aromatic rings. The van der Waals surface area contributed by atoms with Gasteiger partial charge in [-0.2, -0.15) is 0 Å². The minimum Gasteiger partial charge on any atom is -0.354 e. The van der Waals surface area contributed by atoms with Gasteiger partial charge in [-0.15, -0.1) is 22.0 Å². The number of thioether (sulfide) groups is 1. The molecule has 4 rings (SSSR count). The van der Waals surface area contributed by atoms with E-state index in [1.807, 2.05) is 24.3 Å². The van der Waals surface area contributed by atoms with Crippen LogP contribution in [-0.2, 0) is 29.0 Å². The Bertz CT molecular complexity index is 850. The molecule has 1 aromatic carbocycles. The number of fused-ring (bicyclic) bond motifs is 2. The van der Waals surface area contributed by atoms with Crippen LogP contribution in [0.5, 0.6) is 0 Å². The molecule has 0 radical (unpaired) electrons. The first-order chi connectivity index (χ1) is 13.2. The van der Waals surface area contributed by atoms with Crippen molar-refractivity contribution < 1.29 is 9.59 Å². The van der Waals surface area contributed by atoms with Crippen LogP contribution in [0.15, 0.2) is 29.2 Å². The van der Waals surface area contributed by atoms with Crippen LogP contribution in [0.4, 0.5) is 5.69 Å². The summed E-state index contributed by atoms with van der Waals surface area (Å²) >= 11 is 1.52. The van der Waals surface area contributed by atoms with Gasteiger partial charge >= 0.3 is 0 Å². The number of aromatic nitrogens is 3. The van der Waals surface area contributed by atoms with Crippen LogP contribution in [0.25, 0.3) is 0 Å².